The Morgan fingerprint density at radius 3 is 2.57 bits per heavy atom. The number of nitrogens with one attached hydrogen (secondary N) is 2. The number of fused-ring (bicyclic) bond motifs is 1. The normalized spacial score (nSPS) is 15.1. The van der Waals surface area contributed by atoms with Gasteiger partial charge in [0.2, 0.25) is 6.79 Å². The molecule has 0 saturated carbocycles. The maximum absolute atomic E-state index is 12.2. The minimum Gasteiger partial charge on any atom is -0.454 e. The Bertz CT molecular complexity index is 816. The van der Waals surface area contributed by atoms with Crippen molar-refractivity contribution in [3.8, 4) is 17.6 Å². The highest BCUT2D eigenvalue weighted by Gasteiger charge is 2.32. The van der Waals surface area contributed by atoms with Gasteiger partial charge in [0.1, 0.15) is 12.1 Å². The summed E-state index contributed by atoms with van der Waals surface area (Å²) in [6.07, 6.45) is -1.11. The number of nitriles is 1. The molecule has 9 heteroatoms. The maximum atomic E-state index is 12.2. The van der Waals surface area contributed by atoms with E-state index in [2.05, 4.69) is 10.6 Å². The van der Waals surface area contributed by atoms with Crippen molar-refractivity contribution in [2.45, 2.75) is 39.3 Å². The molecule has 1 heterocycles. The van der Waals surface area contributed by atoms with Crippen LogP contribution in [-0.2, 0) is 14.3 Å². The molecule has 0 aliphatic carbocycles. The van der Waals surface area contributed by atoms with E-state index in [-0.39, 0.29) is 12.7 Å². The molecular weight excluding hydrogens is 366 g/mol. The van der Waals surface area contributed by atoms with Gasteiger partial charge in [-0.05, 0) is 38.0 Å². The highest BCUT2D eigenvalue weighted by atomic mass is 16.7. The molecule has 1 aliphatic heterocycles. The Labute approximate surface area is 162 Å². The van der Waals surface area contributed by atoms with Gasteiger partial charge in [-0.25, -0.2) is 0 Å². The van der Waals surface area contributed by atoms with Gasteiger partial charge in [0, 0.05) is 5.56 Å². The van der Waals surface area contributed by atoms with E-state index in [1.807, 2.05) is 6.07 Å². The average Bonchev–Trinajstić information content (AvgIpc) is 3.13. The van der Waals surface area contributed by atoms with Crippen LogP contribution in [0.15, 0.2) is 18.2 Å². The van der Waals surface area contributed by atoms with E-state index in [1.165, 1.54) is 13.0 Å². The zero-order chi connectivity index (χ0) is 20.9. The van der Waals surface area contributed by atoms with Gasteiger partial charge >= 0.3 is 5.97 Å². The first kappa shape index (κ1) is 21.0. The molecule has 0 unspecified atom stereocenters. The predicted octanol–water partition coefficient (Wildman–Crippen LogP) is 1.13. The van der Waals surface area contributed by atoms with Crippen LogP contribution in [0.1, 0.15) is 38.1 Å². The number of nitrogens with zero attached hydrogens (tertiary/aromatic N) is 1. The van der Waals surface area contributed by atoms with Crippen LogP contribution >= 0.6 is 0 Å². The number of hydrogen-bond acceptors (Lipinski definition) is 7. The minimum atomic E-state index is -1.11. The van der Waals surface area contributed by atoms with Crippen LogP contribution in [0.5, 0.6) is 11.5 Å². The summed E-state index contributed by atoms with van der Waals surface area (Å²) in [6, 6.07) is 6.69. The molecule has 2 rings (SSSR count). The third-order valence-corrected chi connectivity index (χ3v) is 4.48. The molecule has 1 aromatic carbocycles. The zero-order valence-corrected chi connectivity index (χ0v) is 16.2. The number of rotatable bonds is 7. The summed E-state index contributed by atoms with van der Waals surface area (Å²) in [5.41, 5.74) is -0.782. The highest BCUT2D eigenvalue weighted by molar-refractivity contribution is 5.96. The molecule has 0 bridgehead atoms. The third kappa shape index (κ3) is 4.91. The Morgan fingerprint density at radius 1 is 1.25 bits per heavy atom. The van der Waals surface area contributed by atoms with Gasteiger partial charge in [0.25, 0.3) is 11.8 Å². The summed E-state index contributed by atoms with van der Waals surface area (Å²) in [7, 11) is 0. The van der Waals surface area contributed by atoms with Gasteiger partial charge in [0.15, 0.2) is 17.6 Å². The highest BCUT2D eigenvalue weighted by Crippen LogP contribution is 2.32. The molecule has 28 heavy (non-hydrogen) atoms. The fourth-order valence-electron chi connectivity index (χ4n) is 2.24. The Kier molecular flexibility index (Phi) is 6.46. The van der Waals surface area contributed by atoms with Gasteiger partial charge in [-0.15, -0.1) is 0 Å². The van der Waals surface area contributed by atoms with Gasteiger partial charge < -0.3 is 24.8 Å². The molecule has 2 atom stereocenters. The van der Waals surface area contributed by atoms with Gasteiger partial charge in [-0.2, -0.15) is 5.26 Å². The van der Waals surface area contributed by atoms with Crippen molar-refractivity contribution >= 4 is 17.8 Å². The molecule has 0 aromatic heterocycles. The summed E-state index contributed by atoms with van der Waals surface area (Å²) < 4.78 is 15.4. The van der Waals surface area contributed by atoms with Crippen LogP contribution in [0.3, 0.4) is 0 Å². The summed E-state index contributed by atoms with van der Waals surface area (Å²) in [6.45, 7) is 6.26. The van der Waals surface area contributed by atoms with Gasteiger partial charge in [-0.1, -0.05) is 13.8 Å². The van der Waals surface area contributed by atoms with Crippen molar-refractivity contribution < 1.29 is 28.6 Å². The number of benzene rings is 1. The molecule has 0 saturated heterocycles. The van der Waals surface area contributed by atoms with Crippen molar-refractivity contribution in [3.63, 3.8) is 0 Å². The lowest BCUT2D eigenvalue weighted by atomic mass is 9.90. The quantitative estimate of drug-likeness (QED) is 0.669. The Balaban J connectivity index is 1.84. The van der Waals surface area contributed by atoms with E-state index in [9.17, 15) is 19.6 Å². The first-order valence-corrected chi connectivity index (χ1v) is 8.77. The lowest BCUT2D eigenvalue weighted by Crippen LogP contribution is -2.52. The number of ether oxygens (including phenoxy) is 3. The van der Waals surface area contributed by atoms with Crippen LogP contribution in [0, 0.1) is 17.2 Å². The zero-order valence-electron chi connectivity index (χ0n) is 16.2. The van der Waals surface area contributed by atoms with Crippen LogP contribution in [0.25, 0.3) is 0 Å². The van der Waals surface area contributed by atoms with Gasteiger partial charge in [0.05, 0.1) is 6.07 Å². The second kappa shape index (κ2) is 8.61. The first-order valence-electron chi connectivity index (χ1n) is 8.77. The van der Waals surface area contributed by atoms with Crippen molar-refractivity contribution in [1.29, 1.82) is 5.26 Å². The van der Waals surface area contributed by atoms with E-state index in [4.69, 9.17) is 14.2 Å². The molecule has 0 radical (unpaired) electrons. The minimum absolute atomic E-state index is 0.0916. The SMILES string of the molecule is CC(C)[C@](C)(C#N)NC(=O)[C@@H](C)OC(=O)CNC(=O)c1ccc2c(c1)OCO2. The number of carbonyl (C=O) groups is 3. The Morgan fingerprint density at radius 2 is 1.93 bits per heavy atom. The van der Waals surface area contributed by atoms with E-state index in [0.717, 1.165) is 0 Å². The standard InChI is InChI=1S/C19H23N3O6/c1-11(2)19(4,9-20)22-17(24)12(3)28-16(23)8-21-18(25)13-5-6-14-15(7-13)27-10-26-14/h5-7,11-12H,8,10H2,1-4H3,(H,21,25)(H,22,24)/t12-,19+/m1/s1. The molecule has 1 aromatic rings. The van der Waals surface area contributed by atoms with Crippen LogP contribution in [-0.4, -0.2) is 42.8 Å². The second-order valence-corrected chi connectivity index (χ2v) is 6.84. The number of hydrogen-bond donors (Lipinski definition) is 2. The molecular formula is C19H23N3O6. The van der Waals surface area contributed by atoms with Crippen LogP contribution in [0.2, 0.25) is 0 Å². The van der Waals surface area contributed by atoms with E-state index >= 15 is 0 Å². The number of amides is 2. The first-order chi connectivity index (χ1) is 13.2. The van der Waals surface area contributed by atoms with E-state index in [0.29, 0.717) is 17.1 Å². The van der Waals surface area contributed by atoms with Crippen molar-refractivity contribution in [2.24, 2.45) is 5.92 Å². The van der Waals surface area contributed by atoms with Crippen molar-refractivity contribution in [1.82, 2.24) is 10.6 Å². The van der Waals surface area contributed by atoms with E-state index in [1.54, 1.807) is 32.9 Å². The lowest BCUT2D eigenvalue weighted by molar-refractivity contribution is -0.154. The second-order valence-electron chi connectivity index (χ2n) is 6.84. The van der Waals surface area contributed by atoms with Crippen LogP contribution < -0.4 is 20.1 Å². The predicted molar refractivity (Wildman–Crippen MR) is 97.5 cm³/mol. The smallest absolute Gasteiger partial charge is 0.326 e. The van der Waals surface area contributed by atoms with Crippen molar-refractivity contribution in [2.75, 3.05) is 13.3 Å². The number of carbonyl (C=O) groups excluding carboxylic acids is 3. The summed E-state index contributed by atoms with van der Waals surface area (Å²) >= 11 is 0. The molecule has 0 fully saturated rings. The molecule has 2 amide bonds. The molecule has 1 aliphatic rings. The maximum Gasteiger partial charge on any atom is 0.326 e. The summed E-state index contributed by atoms with van der Waals surface area (Å²) in [5, 5.41) is 14.2. The number of esters is 1. The van der Waals surface area contributed by atoms with Crippen LogP contribution in [0.4, 0.5) is 0 Å². The van der Waals surface area contributed by atoms with E-state index < -0.39 is 36.0 Å². The monoisotopic (exact) mass is 389 g/mol. The summed E-state index contributed by atoms with van der Waals surface area (Å²) in [5.74, 6) is -1.00. The summed E-state index contributed by atoms with van der Waals surface area (Å²) in [4.78, 5) is 36.2. The fraction of sp³-hybridized carbons (Fsp3) is 0.474. The molecule has 150 valence electrons. The largest absolute Gasteiger partial charge is 0.454 e. The third-order valence-electron chi connectivity index (χ3n) is 4.48. The lowest BCUT2D eigenvalue weighted by Gasteiger charge is -2.28. The van der Waals surface area contributed by atoms with Crippen molar-refractivity contribution in [3.05, 3.63) is 23.8 Å². The molecule has 9 nitrogen and oxygen atoms in total. The van der Waals surface area contributed by atoms with Gasteiger partial charge in [-0.3, -0.25) is 14.4 Å². The average molecular weight is 389 g/mol. The Hall–Kier alpha value is -3.28. The molecule has 0 spiro atoms. The molecule has 2 N–H and O–H groups in total. The fourth-order valence-corrected chi connectivity index (χ4v) is 2.24. The topological polar surface area (TPSA) is 127 Å².